The van der Waals surface area contributed by atoms with E-state index in [0.717, 1.165) is 50.7 Å². The topological polar surface area (TPSA) is 54.3 Å². The highest BCUT2D eigenvalue weighted by molar-refractivity contribution is 7.09. The van der Waals surface area contributed by atoms with Gasteiger partial charge in [0.15, 0.2) is 5.82 Å². The number of aromatic nitrogens is 3. The lowest BCUT2D eigenvalue weighted by molar-refractivity contribution is 0.0628. The predicted molar refractivity (Wildman–Crippen MR) is 106 cm³/mol. The van der Waals surface area contributed by atoms with Crippen molar-refractivity contribution in [1.82, 2.24) is 24.6 Å². The molecule has 1 amide bonds. The molecule has 0 unspecified atom stereocenters. The van der Waals surface area contributed by atoms with Gasteiger partial charge in [-0.2, -0.15) is 5.10 Å². The SMILES string of the molecule is CCc1c(C(=O)N2CCN(Cc3cccs3)CC2)cnn1-c1ccccn1. The highest BCUT2D eigenvalue weighted by Crippen LogP contribution is 2.18. The van der Waals surface area contributed by atoms with Gasteiger partial charge in [0.25, 0.3) is 5.91 Å². The number of carbonyl (C=O) groups excluding carboxylic acids is 1. The lowest BCUT2D eigenvalue weighted by atomic mass is 10.1. The van der Waals surface area contributed by atoms with Gasteiger partial charge >= 0.3 is 0 Å². The first kappa shape index (κ1) is 17.9. The molecular weight excluding hydrogens is 358 g/mol. The van der Waals surface area contributed by atoms with Gasteiger partial charge in [0.2, 0.25) is 0 Å². The summed E-state index contributed by atoms with van der Waals surface area (Å²) in [5, 5.41) is 6.55. The van der Waals surface area contributed by atoms with Crippen LogP contribution in [0.3, 0.4) is 0 Å². The minimum atomic E-state index is 0.0739. The van der Waals surface area contributed by atoms with Gasteiger partial charge in [-0.3, -0.25) is 9.69 Å². The minimum absolute atomic E-state index is 0.0739. The van der Waals surface area contributed by atoms with Gasteiger partial charge in [-0.25, -0.2) is 9.67 Å². The van der Waals surface area contributed by atoms with Crippen LogP contribution in [0.4, 0.5) is 0 Å². The van der Waals surface area contributed by atoms with Gasteiger partial charge in [0.1, 0.15) is 0 Å². The number of piperazine rings is 1. The summed E-state index contributed by atoms with van der Waals surface area (Å²) in [7, 11) is 0. The largest absolute Gasteiger partial charge is 0.336 e. The maximum atomic E-state index is 13.1. The van der Waals surface area contributed by atoms with E-state index in [9.17, 15) is 4.79 Å². The van der Waals surface area contributed by atoms with Gasteiger partial charge in [0.05, 0.1) is 17.5 Å². The van der Waals surface area contributed by atoms with Crippen LogP contribution in [0.1, 0.15) is 27.9 Å². The third-order valence-corrected chi connectivity index (χ3v) is 5.78. The fourth-order valence-corrected chi connectivity index (χ4v) is 4.22. The average molecular weight is 382 g/mol. The van der Waals surface area contributed by atoms with Crippen LogP contribution < -0.4 is 0 Å². The first-order valence-electron chi connectivity index (χ1n) is 9.28. The third kappa shape index (κ3) is 3.79. The zero-order valence-electron chi connectivity index (χ0n) is 15.4. The van der Waals surface area contributed by atoms with Crippen LogP contribution in [0, 0.1) is 0 Å². The molecule has 1 aliphatic rings. The van der Waals surface area contributed by atoms with E-state index >= 15 is 0 Å². The molecule has 1 aliphatic heterocycles. The Hall–Kier alpha value is -2.51. The van der Waals surface area contributed by atoms with E-state index in [1.165, 1.54) is 4.88 Å². The smallest absolute Gasteiger partial charge is 0.257 e. The van der Waals surface area contributed by atoms with Crippen LogP contribution in [0.2, 0.25) is 0 Å². The van der Waals surface area contributed by atoms with Crippen molar-refractivity contribution in [2.24, 2.45) is 0 Å². The lowest BCUT2D eigenvalue weighted by Gasteiger charge is -2.34. The molecule has 27 heavy (non-hydrogen) atoms. The Balaban J connectivity index is 1.45. The second kappa shape index (κ2) is 8.02. The van der Waals surface area contributed by atoms with Crippen LogP contribution in [0.25, 0.3) is 5.82 Å². The average Bonchev–Trinajstić information content (AvgIpc) is 3.38. The summed E-state index contributed by atoms with van der Waals surface area (Å²) >= 11 is 1.79. The fraction of sp³-hybridized carbons (Fsp3) is 0.350. The van der Waals surface area contributed by atoms with Gasteiger partial charge < -0.3 is 4.90 Å². The van der Waals surface area contributed by atoms with Crippen LogP contribution in [-0.4, -0.2) is 56.7 Å². The summed E-state index contributed by atoms with van der Waals surface area (Å²) in [6.07, 6.45) is 4.16. The van der Waals surface area contributed by atoms with Gasteiger partial charge in [-0.15, -0.1) is 11.3 Å². The molecule has 0 aromatic carbocycles. The Kier molecular flexibility index (Phi) is 5.31. The molecule has 0 radical (unpaired) electrons. The zero-order chi connectivity index (χ0) is 18.6. The Labute approximate surface area is 163 Å². The number of nitrogens with zero attached hydrogens (tertiary/aromatic N) is 5. The standard InChI is InChI=1S/C20H23N5OS/c1-2-18-17(14-22-25(18)19-7-3-4-8-21-19)20(26)24-11-9-23(10-12-24)15-16-6-5-13-27-16/h3-8,13-14H,2,9-12,15H2,1H3. The molecule has 1 fully saturated rings. The summed E-state index contributed by atoms with van der Waals surface area (Å²) in [6.45, 7) is 6.33. The van der Waals surface area contributed by atoms with E-state index in [-0.39, 0.29) is 5.91 Å². The summed E-state index contributed by atoms with van der Waals surface area (Å²) in [5.41, 5.74) is 1.61. The summed E-state index contributed by atoms with van der Waals surface area (Å²) in [5.74, 6) is 0.818. The summed E-state index contributed by atoms with van der Waals surface area (Å²) in [6, 6.07) is 9.97. The maximum Gasteiger partial charge on any atom is 0.257 e. The Bertz CT molecular complexity index is 883. The fourth-order valence-electron chi connectivity index (χ4n) is 3.47. The molecule has 0 spiro atoms. The molecule has 3 aromatic rings. The van der Waals surface area contributed by atoms with E-state index in [0.29, 0.717) is 5.56 Å². The molecule has 3 aromatic heterocycles. The van der Waals surface area contributed by atoms with E-state index < -0.39 is 0 Å². The van der Waals surface area contributed by atoms with Gasteiger partial charge in [-0.1, -0.05) is 19.1 Å². The summed E-state index contributed by atoms with van der Waals surface area (Å²) in [4.78, 5) is 23.2. The summed E-state index contributed by atoms with van der Waals surface area (Å²) < 4.78 is 1.78. The molecule has 0 bridgehead atoms. The van der Waals surface area contributed by atoms with Crippen molar-refractivity contribution >= 4 is 17.2 Å². The first-order valence-corrected chi connectivity index (χ1v) is 10.2. The van der Waals surface area contributed by atoms with Crippen molar-refractivity contribution in [1.29, 1.82) is 0 Å². The lowest BCUT2D eigenvalue weighted by Crippen LogP contribution is -2.48. The van der Waals surface area contributed by atoms with E-state index in [4.69, 9.17) is 0 Å². The van der Waals surface area contributed by atoms with Crippen molar-refractivity contribution in [3.8, 4) is 5.82 Å². The number of rotatable bonds is 5. The van der Waals surface area contributed by atoms with Crippen molar-refractivity contribution < 1.29 is 4.79 Å². The number of pyridine rings is 1. The van der Waals surface area contributed by atoms with Crippen molar-refractivity contribution in [3.05, 3.63) is 64.2 Å². The molecule has 0 N–H and O–H groups in total. The molecular formula is C20H23N5OS. The Morgan fingerprint density at radius 3 is 2.67 bits per heavy atom. The van der Waals surface area contributed by atoms with Gasteiger partial charge in [0, 0.05) is 43.8 Å². The van der Waals surface area contributed by atoms with Gasteiger partial charge in [-0.05, 0) is 30.0 Å². The molecule has 4 heterocycles. The molecule has 6 nitrogen and oxygen atoms in total. The number of hydrogen-bond donors (Lipinski definition) is 0. The number of carbonyl (C=O) groups is 1. The monoisotopic (exact) mass is 381 g/mol. The molecule has 1 saturated heterocycles. The third-order valence-electron chi connectivity index (χ3n) is 4.92. The van der Waals surface area contributed by atoms with Crippen molar-refractivity contribution in [2.45, 2.75) is 19.9 Å². The highest BCUT2D eigenvalue weighted by Gasteiger charge is 2.26. The number of hydrogen-bond acceptors (Lipinski definition) is 5. The second-order valence-corrected chi connectivity index (χ2v) is 7.64. The predicted octanol–water partition coefficient (Wildman–Crippen LogP) is 2.85. The Morgan fingerprint density at radius 1 is 1.15 bits per heavy atom. The van der Waals surface area contributed by atoms with E-state index in [1.807, 2.05) is 30.0 Å². The van der Waals surface area contributed by atoms with Crippen LogP contribution in [-0.2, 0) is 13.0 Å². The van der Waals surface area contributed by atoms with E-state index in [2.05, 4.69) is 32.5 Å². The normalized spacial score (nSPS) is 15.2. The highest BCUT2D eigenvalue weighted by atomic mass is 32.1. The molecule has 0 saturated carbocycles. The minimum Gasteiger partial charge on any atom is -0.336 e. The van der Waals surface area contributed by atoms with E-state index in [1.54, 1.807) is 28.4 Å². The molecule has 140 valence electrons. The molecule has 4 rings (SSSR count). The quantitative estimate of drug-likeness (QED) is 0.682. The van der Waals surface area contributed by atoms with Crippen LogP contribution >= 0.6 is 11.3 Å². The number of thiophene rings is 1. The molecule has 0 aliphatic carbocycles. The molecule has 0 atom stereocenters. The Morgan fingerprint density at radius 2 is 2.00 bits per heavy atom. The van der Waals surface area contributed by atoms with Crippen molar-refractivity contribution in [2.75, 3.05) is 26.2 Å². The second-order valence-electron chi connectivity index (χ2n) is 6.61. The van der Waals surface area contributed by atoms with Crippen LogP contribution in [0.5, 0.6) is 0 Å². The first-order chi connectivity index (χ1) is 13.3. The van der Waals surface area contributed by atoms with Crippen molar-refractivity contribution in [3.63, 3.8) is 0 Å². The van der Waals surface area contributed by atoms with Crippen LogP contribution in [0.15, 0.2) is 48.1 Å². The zero-order valence-corrected chi connectivity index (χ0v) is 16.2. The maximum absolute atomic E-state index is 13.1. The molecule has 7 heteroatoms. The number of amides is 1.